The summed E-state index contributed by atoms with van der Waals surface area (Å²) in [6, 6.07) is 0. The fraction of sp³-hybridized carbons (Fsp3) is 0.770. The Balaban J connectivity index is 4.30. The molecule has 0 amide bonds. The summed E-state index contributed by atoms with van der Waals surface area (Å²) in [6.45, 7) is 6.51. The van der Waals surface area contributed by atoms with Crippen molar-refractivity contribution < 1.29 is 28.6 Å². The van der Waals surface area contributed by atoms with E-state index in [1.165, 1.54) is 186 Å². The normalized spacial score (nSPS) is 12.6. The Morgan fingerprint density at radius 2 is 0.487 bits per heavy atom. The largest absolute Gasteiger partial charge is 0.462 e. The van der Waals surface area contributed by atoms with E-state index >= 15 is 0 Å². The Kier molecular flexibility index (Phi) is 65.2. The quantitative estimate of drug-likeness (QED) is 0.0261. The van der Waals surface area contributed by atoms with Crippen LogP contribution in [0.1, 0.15) is 348 Å². The van der Waals surface area contributed by atoms with Crippen molar-refractivity contribution in [2.45, 2.75) is 354 Å². The van der Waals surface area contributed by atoms with Crippen LogP contribution in [0, 0.1) is 0 Å². The van der Waals surface area contributed by atoms with E-state index in [1.54, 1.807) is 0 Å². The molecular formula is C74H130O6. The monoisotopic (exact) mass is 1110 g/mol. The number of esters is 3. The SMILES string of the molecule is CC/C=C\C/C=C\C/C=C\C/C=C\C/C=C\CCCCCC(=O)OC(COC(=O)CCCCCCC/C=C\C/C=C\CCCCC)COC(=O)CCCCCCCCCCCCCCCCCCCCCCCCCCCCCC. The summed E-state index contributed by atoms with van der Waals surface area (Å²) < 4.78 is 16.9. The lowest BCUT2D eigenvalue weighted by Crippen LogP contribution is -2.30. The maximum Gasteiger partial charge on any atom is 0.306 e. The first-order valence-electron chi connectivity index (χ1n) is 34.6. The molecule has 0 heterocycles. The van der Waals surface area contributed by atoms with Gasteiger partial charge in [-0.1, -0.05) is 318 Å². The molecule has 0 spiro atoms. The van der Waals surface area contributed by atoms with E-state index in [2.05, 4.69) is 106 Å². The Morgan fingerprint density at radius 3 is 0.800 bits per heavy atom. The molecule has 6 nitrogen and oxygen atoms in total. The van der Waals surface area contributed by atoms with Crippen molar-refractivity contribution in [1.82, 2.24) is 0 Å². The van der Waals surface area contributed by atoms with Gasteiger partial charge in [-0.05, 0) is 96.3 Å². The second-order valence-electron chi connectivity index (χ2n) is 23.1. The molecule has 0 aliphatic carbocycles. The molecule has 0 radical (unpaired) electrons. The highest BCUT2D eigenvalue weighted by Crippen LogP contribution is 2.18. The number of allylic oxidation sites excluding steroid dienone is 14. The van der Waals surface area contributed by atoms with Crippen LogP contribution in [0.3, 0.4) is 0 Å². The predicted octanol–water partition coefficient (Wildman–Crippen LogP) is 23.8. The second kappa shape index (κ2) is 68.1. The van der Waals surface area contributed by atoms with Gasteiger partial charge in [0.25, 0.3) is 0 Å². The minimum atomic E-state index is -0.801. The molecule has 462 valence electrons. The topological polar surface area (TPSA) is 78.9 Å². The van der Waals surface area contributed by atoms with Crippen molar-refractivity contribution in [2.75, 3.05) is 13.2 Å². The van der Waals surface area contributed by atoms with Gasteiger partial charge in [0.15, 0.2) is 6.10 Å². The van der Waals surface area contributed by atoms with Gasteiger partial charge in [-0.15, -0.1) is 0 Å². The highest BCUT2D eigenvalue weighted by Gasteiger charge is 2.19. The van der Waals surface area contributed by atoms with Gasteiger partial charge >= 0.3 is 17.9 Å². The summed E-state index contributed by atoms with van der Waals surface area (Å²) in [5, 5.41) is 0. The van der Waals surface area contributed by atoms with Gasteiger partial charge in [0.1, 0.15) is 13.2 Å². The molecule has 0 aromatic carbocycles. The average Bonchev–Trinajstić information content (AvgIpc) is 3.46. The molecule has 0 aliphatic heterocycles. The highest BCUT2D eigenvalue weighted by molar-refractivity contribution is 5.71. The first-order valence-corrected chi connectivity index (χ1v) is 34.6. The van der Waals surface area contributed by atoms with Crippen molar-refractivity contribution >= 4 is 17.9 Å². The molecule has 0 rings (SSSR count). The van der Waals surface area contributed by atoms with Crippen LogP contribution in [0.4, 0.5) is 0 Å². The van der Waals surface area contributed by atoms with E-state index < -0.39 is 6.10 Å². The fourth-order valence-corrected chi connectivity index (χ4v) is 9.97. The zero-order valence-corrected chi connectivity index (χ0v) is 53.1. The number of carbonyl (C=O) groups is 3. The molecule has 0 saturated carbocycles. The molecule has 0 bridgehead atoms. The molecule has 0 fully saturated rings. The van der Waals surface area contributed by atoms with E-state index in [0.29, 0.717) is 12.8 Å². The van der Waals surface area contributed by atoms with Crippen molar-refractivity contribution in [3.8, 4) is 0 Å². The zero-order valence-electron chi connectivity index (χ0n) is 53.1. The maximum absolute atomic E-state index is 12.9. The van der Waals surface area contributed by atoms with Crippen molar-refractivity contribution in [3.63, 3.8) is 0 Å². The van der Waals surface area contributed by atoms with Gasteiger partial charge in [-0.2, -0.15) is 0 Å². The van der Waals surface area contributed by atoms with E-state index in [1.807, 2.05) is 0 Å². The Morgan fingerprint density at radius 1 is 0.263 bits per heavy atom. The lowest BCUT2D eigenvalue weighted by molar-refractivity contribution is -0.167. The second-order valence-corrected chi connectivity index (χ2v) is 23.1. The molecular weight excluding hydrogens is 985 g/mol. The third-order valence-corrected chi connectivity index (χ3v) is 15.1. The van der Waals surface area contributed by atoms with Gasteiger partial charge < -0.3 is 14.2 Å². The number of ether oxygens (including phenoxy) is 3. The lowest BCUT2D eigenvalue weighted by Gasteiger charge is -2.18. The van der Waals surface area contributed by atoms with E-state index in [9.17, 15) is 14.4 Å². The summed E-state index contributed by atoms with van der Waals surface area (Å²) in [5.74, 6) is -0.923. The number of rotatable bonds is 63. The van der Waals surface area contributed by atoms with E-state index in [-0.39, 0.29) is 37.5 Å². The number of hydrogen-bond donors (Lipinski definition) is 0. The summed E-state index contributed by atoms with van der Waals surface area (Å²) in [5.41, 5.74) is 0. The maximum atomic E-state index is 12.9. The fourth-order valence-electron chi connectivity index (χ4n) is 9.97. The van der Waals surface area contributed by atoms with Gasteiger partial charge in [-0.25, -0.2) is 0 Å². The summed E-state index contributed by atoms with van der Waals surface area (Å²) in [6.07, 6.45) is 90.4. The number of unbranched alkanes of at least 4 members (excludes halogenated alkanes) is 38. The third kappa shape index (κ3) is 65.4. The van der Waals surface area contributed by atoms with Crippen LogP contribution in [0.5, 0.6) is 0 Å². The molecule has 6 heteroatoms. The third-order valence-electron chi connectivity index (χ3n) is 15.1. The van der Waals surface area contributed by atoms with Crippen LogP contribution in [0.25, 0.3) is 0 Å². The predicted molar refractivity (Wildman–Crippen MR) is 348 cm³/mol. The molecule has 80 heavy (non-hydrogen) atoms. The molecule has 0 aromatic heterocycles. The van der Waals surface area contributed by atoms with Gasteiger partial charge in [0.05, 0.1) is 0 Å². The highest BCUT2D eigenvalue weighted by atomic mass is 16.6. The summed E-state index contributed by atoms with van der Waals surface area (Å²) in [7, 11) is 0. The van der Waals surface area contributed by atoms with Gasteiger partial charge in [0.2, 0.25) is 0 Å². The number of carbonyl (C=O) groups excluding carboxylic acids is 3. The van der Waals surface area contributed by atoms with Crippen LogP contribution in [-0.2, 0) is 28.6 Å². The molecule has 1 atom stereocenters. The molecule has 0 aliphatic rings. The standard InChI is InChI=1S/C74H130O6/c1-4-7-10-13-16-19-22-25-28-30-32-33-34-35-36-37-38-39-40-42-43-46-49-52-55-58-61-64-67-73(76)79-70-71(69-78-72(75)66-63-60-57-54-51-48-45-27-24-21-18-15-12-9-6-3)80-74(77)68-65-62-59-56-53-50-47-44-41-31-29-26-23-20-17-14-11-8-5-2/h8,11,17-18,20-21,26-27,29,41,44-45,50,53,71H,4-7,9-10,12-16,19,22-25,28,30-40,42-43,46-49,51-52,54-70H2,1-3H3/b11-8-,20-17-,21-18-,29-26-,44-41-,45-27-,53-50-. The van der Waals surface area contributed by atoms with Crippen LogP contribution in [0.2, 0.25) is 0 Å². The van der Waals surface area contributed by atoms with Crippen molar-refractivity contribution in [3.05, 3.63) is 85.1 Å². The molecule has 0 aromatic rings. The number of hydrogen-bond acceptors (Lipinski definition) is 6. The Labute approximate surface area is 496 Å². The average molecular weight is 1120 g/mol. The molecule has 1 unspecified atom stereocenters. The van der Waals surface area contributed by atoms with Gasteiger partial charge in [0, 0.05) is 19.3 Å². The first kappa shape index (κ1) is 76.6. The lowest BCUT2D eigenvalue weighted by atomic mass is 10.0. The smallest absolute Gasteiger partial charge is 0.306 e. The Hall–Kier alpha value is -3.41. The van der Waals surface area contributed by atoms with E-state index in [0.717, 1.165) is 122 Å². The van der Waals surface area contributed by atoms with Crippen molar-refractivity contribution in [2.24, 2.45) is 0 Å². The minimum absolute atomic E-state index is 0.0921. The summed E-state index contributed by atoms with van der Waals surface area (Å²) in [4.78, 5) is 38.4. The van der Waals surface area contributed by atoms with Crippen LogP contribution >= 0.6 is 0 Å². The van der Waals surface area contributed by atoms with Crippen LogP contribution < -0.4 is 0 Å². The van der Waals surface area contributed by atoms with E-state index in [4.69, 9.17) is 14.2 Å². The minimum Gasteiger partial charge on any atom is -0.462 e. The molecule has 0 saturated heterocycles. The van der Waals surface area contributed by atoms with Crippen LogP contribution in [0.15, 0.2) is 85.1 Å². The van der Waals surface area contributed by atoms with Gasteiger partial charge in [-0.3, -0.25) is 14.4 Å². The Bertz CT molecular complexity index is 1520. The molecule has 0 N–H and O–H groups in total. The summed E-state index contributed by atoms with van der Waals surface area (Å²) >= 11 is 0. The van der Waals surface area contributed by atoms with Crippen molar-refractivity contribution in [1.29, 1.82) is 0 Å². The first-order chi connectivity index (χ1) is 39.5. The van der Waals surface area contributed by atoms with Crippen LogP contribution in [-0.4, -0.2) is 37.2 Å². The zero-order chi connectivity index (χ0) is 57.8.